The van der Waals surface area contributed by atoms with Crippen LogP contribution in [-0.4, -0.2) is 16.8 Å². The van der Waals surface area contributed by atoms with Gasteiger partial charge in [-0.1, -0.05) is 13.8 Å². The Kier molecular flexibility index (Phi) is 4.59. The van der Waals surface area contributed by atoms with Crippen LogP contribution in [0.1, 0.15) is 41.6 Å². The van der Waals surface area contributed by atoms with E-state index in [2.05, 4.69) is 15.9 Å². The third-order valence-electron chi connectivity index (χ3n) is 2.80. The molecule has 19 heavy (non-hydrogen) atoms. The Morgan fingerprint density at radius 2 is 1.89 bits per heavy atom. The molecule has 1 aromatic rings. The van der Waals surface area contributed by atoms with Crippen molar-refractivity contribution < 1.29 is 9.59 Å². The van der Waals surface area contributed by atoms with Crippen LogP contribution in [0.15, 0.2) is 12.3 Å². The summed E-state index contributed by atoms with van der Waals surface area (Å²) in [5, 5.41) is 0. The molecule has 1 atom stereocenters. The molecule has 0 aliphatic heterocycles. The van der Waals surface area contributed by atoms with E-state index in [9.17, 15) is 9.59 Å². The van der Waals surface area contributed by atoms with Crippen LogP contribution in [-0.2, 0) is 0 Å². The van der Waals surface area contributed by atoms with Crippen LogP contribution in [0.4, 0.5) is 5.69 Å². The molecule has 6 heteroatoms. The summed E-state index contributed by atoms with van der Waals surface area (Å²) in [7, 11) is 0. The summed E-state index contributed by atoms with van der Waals surface area (Å²) in [5.41, 5.74) is 10.4. The van der Waals surface area contributed by atoms with Gasteiger partial charge in [-0.3, -0.25) is 9.59 Å². The van der Waals surface area contributed by atoms with Gasteiger partial charge < -0.3 is 11.5 Å². The monoisotopic (exact) mass is 261 g/mol. The molecule has 1 rings (SSSR count). The largest absolute Gasteiger partial charge is 0.365 e. The molecule has 2 amide bonds. The molecule has 0 saturated carbocycles. The van der Waals surface area contributed by atoms with E-state index in [1.807, 2.05) is 20.8 Å². The second-order valence-electron chi connectivity index (χ2n) is 4.56. The predicted octanol–water partition coefficient (Wildman–Crippen LogP) is 1.54. The molecule has 0 aliphatic rings. The summed E-state index contributed by atoms with van der Waals surface area (Å²) >= 11 is 0. The van der Waals surface area contributed by atoms with Gasteiger partial charge in [-0.2, -0.15) is 0 Å². The van der Waals surface area contributed by atoms with Crippen molar-refractivity contribution in [3.05, 3.63) is 28.4 Å². The van der Waals surface area contributed by atoms with E-state index in [0.717, 1.165) is 0 Å². The number of hydrogen-bond donors (Lipinski definition) is 2. The lowest BCUT2D eigenvalue weighted by atomic mass is 10.0. The second kappa shape index (κ2) is 5.96. The SMILES string of the molecule is CC(C)C(C)C#[N+]c1ccnc(C(N)=O)c1C(N)=O. The van der Waals surface area contributed by atoms with Crippen molar-refractivity contribution in [2.24, 2.45) is 23.3 Å². The molecule has 0 bridgehead atoms. The zero-order valence-electron chi connectivity index (χ0n) is 11.2. The Morgan fingerprint density at radius 1 is 1.26 bits per heavy atom. The van der Waals surface area contributed by atoms with Gasteiger partial charge in [0.2, 0.25) is 0 Å². The van der Waals surface area contributed by atoms with E-state index >= 15 is 0 Å². The first-order valence-electron chi connectivity index (χ1n) is 5.89. The molecule has 0 radical (unpaired) electrons. The number of nitrogens with two attached hydrogens (primary N) is 2. The van der Waals surface area contributed by atoms with Gasteiger partial charge in [0.05, 0.1) is 5.92 Å². The molecule has 0 spiro atoms. The predicted molar refractivity (Wildman–Crippen MR) is 72.2 cm³/mol. The minimum Gasteiger partial charge on any atom is -0.365 e. The van der Waals surface area contributed by atoms with Crippen molar-refractivity contribution >= 4 is 17.5 Å². The van der Waals surface area contributed by atoms with Crippen LogP contribution in [0.2, 0.25) is 0 Å². The topological polar surface area (TPSA) is 103 Å². The first-order valence-corrected chi connectivity index (χ1v) is 5.89. The molecule has 0 aromatic carbocycles. The van der Waals surface area contributed by atoms with Gasteiger partial charge in [-0.15, -0.1) is 0 Å². The fraction of sp³-hybridized carbons (Fsp3) is 0.385. The highest BCUT2D eigenvalue weighted by Crippen LogP contribution is 2.21. The molecule has 1 heterocycles. The number of amides is 2. The van der Waals surface area contributed by atoms with Gasteiger partial charge in [0.1, 0.15) is 5.69 Å². The summed E-state index contributed by atoms with van der Waals surface area (Å²) < 4.78 is 0. The lowest BCUT2D eigenvalue weighted by Crippen LogP contribution is -2.22. The van der Waals surface area contributed by atoms with E-state index in [0.29, 0.717) is 5.92 Å². The standard InChI is InChI=1S/C13H16N4O2/c1-7(2)8(3)6-17-9-4-5-16-11(13(15)19)10(9)12(14)18/h4-5,7-8H,1-3H3,(H3-,14,15,18,19)/p+1. The Balaban J connectivity index is 3.32. The van der Waals surface area contributed by atoms with Gasteiger partial charge in [-0.05, 0) is 17.7 Å². The lowest BCUT2D eigenvalue weighted by Gasteiger charge is -2.00. The van der Waals surface area contributed by atoms with E-state index in [1.54, 1.807) is 0 Å². The number of pyridine rings is 1. The van der Waals surface area contributed by atoms with E-state index in [1.165, 1.54) is 12.3 Å². The average molecular weight is 261 g/mol. The number of aromatic nitrogens is 1. The number of carbonyl (C=O) groups excluding carboxylic acids is 2. The summed E-state index contributed by atoms with van der Waals surface area (Å²) in [6.45, 7) is 6.02. The molecule has 1 aromatic heterocycles. The normalized spacial score (nSPS) is 11.6. The number of primary amides is 2. The maximum Gasteiger partial charge on any atom is 0.356 e. The smallest absolute Gasteiger partial charge is 0.356 e. The zero-order valence-corrected chi connectivity index (χ0v) is 11.2. The van der Waals surface area contributed by atoms with Crippen molar-refractivity contribution in [1.29, 1.82) is 0 Å². The van der Waals surface area contributed by atoms with Gasteiger partial charge in [0, 0.05) is 12.3 Å². The van der Waals surface area contributed by atoms with Crippen LogP contribution in [0.5, 0.6) is 0 Å². The van der Waals surface area contributed by atoms with E-state index < -0.39 is 11.8 Å². The Hall–Kier alpha value is -2.42. The third-order valence-corrected chi connectivity index (χ3v) is 2.80. The average Bonchev–Trinajstić information content (AvgIpc) is 2.34. The Bertz CT molecular complexity index is 570. The number of hydrogen-bond acceptors (Lipinski definition) is 3. The van der Waals surface area contributed by atoms with Crippen molar-refractivity contribution in [1.82, 2.24) is 4.98 Å². The third kappa shape index (κ3) is 3.52. The van der Waals surface area contributed by atoms with Crippen molar-refractivity contribution in [2.45, 2.75) is 20.8 Å². The molecule has 6 nitrogen and oxygen atoms in total. The summed E-state index contributed by atoms with van der Waals surface area (Å²) in [6.07, 6.45) is 1.35. The summed E-state index contributed by atoms with van der Waals surface area (Å²) in [6, 6.07) is 4.39. The molecule has 100 valence electrons. The van der Waals surface area contributed by atoms with Crippen molar-refractivity contribution in [3.63, 3.8) is 0 Å². The van der Waals surface area contributed by atoms with Crippen molar-refractivity contribution in [2.75, 3.05) is 0 Å². The molecular weight excluding hydrogens is 244 g/mol. The van der Waals surface area contributed by atoms with Crippen LogP contribution in [0.25, 0.3) is 4.85 Å². The maximum absolute atomic E-state index is 11.4. The highest BCUT2D eigenvalue weighted by molar-refractivity contribution is 6.08. The minimum atomic E-state index is -0.817. The molecule has 0 aliphatic carbocycles. The van der Waals surface area contributed by atoms with Gasteiger partial charge in [0.15, 0.2) is 5.56 Å². The molecule has 1 unspecified atom stereocenters. The maximum atomic E-state index is 11.4. The fourth-order valence-corrected chi connectivity index (χ4v) is 1.29. The quantitative estimate of drug-likeness (QED) is 0.862. The van der Waals surface area contributed by atoms with E-state index in [4.69, 9.17) is 11.5 Å². The Morgan fingerprint density at radius 3 is 2.37 bits per heavy atom. The van der Waals surface area contributed by atoms with Gasteiger partial charge in [-0.25, -0.2) is 4.98 Å². The van der Waals surface area contributed by atoms with Crippen molar-refractivity contribution in [3.8, 4) is 6.07 Å². The zero-order chi connectivity index (χ0) is 14.6. The number of nitrogens with zero attached hydrogens (tertiary/aromatic N) is 2. The lowest BCUT2D eigenvalue weighted by molar-refractivity contribution is 0.0964. The second-order valence-corrected chi connectivity index (χ2v) is 4.56. The first-order chi connectivity index (χ1) is 8.84. The van der Waals surface area contributed by atoms with Crippen LogP contribution >= 0.6 is 0 Å². The molecule has 4 N–H and O–H groups in total. The summed E-state index contributed by atoms with van der Waals surface area (Å²) in [4.78, 5) is 30.5. The van der Waals surface area contributed by atoms with Gasteiger partial charge >= 0.3 is 5.69 Å². The summed E-state index contributed by atoms with van der Waals surface area (Å²) in [5.74, 6) is -1.15. The molecule has 0 saturated heterocycles. The first kappa shape index (κ1) is 14.6. The fourth-order valence-electron chi connectivity index (χ4n) is 1.29. The number of rotatable bonds is 3. The van der Waals surface area contributed by atoms with E-state index in [-0.39, 0.29) is 22.9 Å². The van der Waals surface area contributed by atoms with Crippen LogP contribution < -0.4 is 11.5 Å². The minimum absolute atomic E-state index is 0.0709. The highest BCUT2D eigenvalue weighted by atomic mass is 16.2. The molecular formula is C13H17N4O2+. The van der Waals surface area contributed by atoms with Crippen LogP contribution in [0.3, 0.4) is 0 Å². The Labute approximate surface area is 111 Å². The van der Waals surface area contributed by atoms with Crippen LogP contribution in [0, 0.1) is 17.9 Å². The molecule has 0 fully saturated rings. The highest BCUT2D eigenvalue weighted by Gasteiger charge is 2.25. The number of carbonyl (C=O) groups is 2. The van der Waals surface area contributed by atoms with Gasteiger partial charge in [0.25, 0.3) is 17.9 Å².